The average Bonchev–Trinajstić information content (AvgIpc) is 3.31. The summed E-state index contributed by atoms with van der Waals surface area (Å²) in [4.78, 5) is 6.84. The van der Waals surface area contributed by atoms with Crippen molar-refractivity contribution in [2.45, 2.75) is 12.8 Å². The summed E-state index contributed by atoms with van der Waals surface area (Å²) in [5, 5.41) is 17.6. The zero-order valence-electron chi connectivity index (χ0n) is 16.9. The van der Waals surface area contributed by atoms with E-state index in [0.717, 1.165) is 71.8 Å². The average molecular weight is 475 g/mol. The molecular formula is C22H24Cl2N6S. The smallest absolute Gasteiger partial charge is 0.274 e. The van der Waals surface area contributed by atoms with E-state index in [1.165, 1.54) is 11.1 Å². The van der Waals surface area contributed by atoms with Crippen LogP contribution in [0, 0.1) is 0 Å². The molecule has 0 spiro atoms. The van der Waals surface area contributed by atoms with Crippen LogP contribution in [0.1, 0.15) is 24.0 Å². The Labute approximate surface area is 198 Å². The number of halogens is 2. The molecule has 1 aromatic heterocycles. The van der Waals surface area contributed by atoms with E-state index in [-0.39, 0.29) is 24.8 Å². The third-order valence-corrected chi connectivity index (χ3v) is 6.20. The van der Waals surface area contributed by atoms with Crippen LogP contribution in [0.4, 0.5) is 0 Å². The molecule has 0 amide bonds. The Bertz CT molecular complexity index is 976. The quantitative estimate of drug-likeness (QED) is 0.303. The van der Waals surface area contributed by atoms with Crippen molar-refractivity contribution in [3.63, 3.8) is 0 Å². The van der Waals surface area contributed by atoms with Gasteiger partial charge in [-0.2, -0.15) is 0 Å². The van der Waals surface area contributed by atoms with Crippen LogP contribution in [0.5, 0.6) is 0 Å². The van der Waals surface area contributed by atoms with E-state index in [0.29, 0.717) is 0 Å². The van der Waals surface area contributed by atoms with Crippen molar-refractivity contribution in [1.82, 2.24) is 20.8 Å². The Kier molecular flexibility index (Phi) is 8.01. The highest BCUT2D eigenvalue weighted by molar-refractivity contribution is 7.17. The summed E-state index contributed by atoms with van der Waals surface area (Å²) in [7, 11) is 0. The summed E-state index contributed by atoms with van der Waals surface area (Å²) in [6.07, 6.45) is 2.31. The van der Waals surface area contributed by atoms with E-state index >= 15 is 0 Å². The predicted octanol–water partition coefficient (Wildman–Crippen LogP) is -6.48. The summed E-state index contributed by atoms with van der Waals surface area (Å²) in [5.74, 6) is 2.22. The molecule has 0 radical (unpaired) electrons. The van der Waals surface area contributed by atoms with E-state index in [1.54, 1.807) is 11.3 Å². The van der Waals surface area contributed by atoms with Gasteiger partial charge in [0.1, 0.15) is 10.0 Å². The van der Waals surface area contributed by atoms with Gasteiger partial charge in [-0.05, 0) is 24.3 Å². The molecule has 0 saturated carbocycles. The minimum absolute atomic E-state index is 0. The maximum atomic E-state index is 4.42. The highest BCUT2D eigenvalue weighted by Crippen LogP contribution is 2.30. The minimum Gasteiger partial charge on any atom is -1.00 e. The first-order valence-electron chi connectivity index (χ1n) is 10.1. The van der Waals surface area contributed by atoms with Crippen molar-refractivity contribution in [2.24, 2.45) is 0 Å². The number of amidine groups is 2. The van der Waals surface area contributed by atoms with E-state index < -0.39 is 0 Å². The van der Waals surface area contributed by atoms with Crippen molar-refractivity contribution in [1.29, 1.82) is 0 Å². The maximum absolute atomic E-state index is 4.42. The van der Waals surface area contributed by atoms with Crippen molar-refractivity contribution in [2.75, 3.05) is 26.2 Å². The van der Waals surface area contributed by atoms with Gasteiger partial charge in [-0.1, -0.05) is 35.6 Å². The maximum Gasteiger partial charge on any atom is 0.274 e. The van der Waals surface area contributed by atoms with Crippen molar-refractivity contribution >= 4 is 23.0 Å². The van der Waals surface area contributed by atoms with Crippen LogP contribution in [-0.4, -0.2) is 48.0 Å². The number of hydrogen-bond donors (Lipinski definition) is 4. The second kappa shape index (κ2) is 10.7. The summed E-state index contributed by atoms with van der Waals surface area (Å²) >= 11 is 1.62. The molecule has 162 valence electrons. The lowest BCUT2D eigenvalue weighted by molar-refractivity contribution is -0.463. The molecule has 0 unspecified atom stereocenters. The predicted molar refractivity (Wildman–Crippen MR) is 116 cm³/mol. The standard InChI is InChI=1S/C22H22N6S.2ClH/c1-11-23-19(24-12-1)15-3-7-17(8-4-15)21-27-28-22(29-21)18-9-5-16(6-10-18)20-25-13-2-14-26-20;;/h3-10H,1-2,11-14H2,(H,23,24)(H,25,26);2*1H. The molecule has 3 heterocycles. The zero-order chi connectivity index (χ0) is 19.5. The topological polar surface area (TPSA) is 77.8 Å². The molecule has 0 fully saturated rings. The Hall–Kier alpha value is -2.48. The van der Waals surface area contributed by atoms with Crippen LogP contribution in [0.2, 0.25) is 0 Å². The first-order chi connectivity index (χ1) is 14.4. The minimum atomic E-state index is 0. The van der Waals surface area contributed by atoms with Gasteiger partial charge in [-0.3, -0.25) is 20.6 Å². The molecule has 4 N–H and O–H groups in total. The first-order valence-corrected chi connectivity index (χ1v) is 10.9. The molecule has 3 aromatic rings. The molecule has 0 atom stereocenters. The third-order valence-electron chi connectivity index (χ3n) is 5.18. The number of aromatic nitrogens is 2. The van der Waals surface area contributed by atoms with E-state index in [2.05, 4.69) is 79.3 Å². The lowest BCUT2D eigenvalue weighted by Gasteiger charge is -2.08. The Morgan fingerprint density at radius 3 is 1.35 bits per heavy atom. The van der Waals surface area contributed by atoms with Crippen LogP contribution in [-0.2, 0) is 0 Å². The molecule has 5 rings (SSSR count). The zero-order valence-corrected chi connectivity index (χ0v) is 19.2. The van der Waals surface area contributed by atoms with Gasteiger partial charge in [0.2, 0.25) is 0 Å². The van der Waals surface area contributed by atoms with Gasteiger partial charge >= 0.3 is 0 Å². The monoisotopic (exact) mass is 474 g/mol. The van der Waals surface area contributed by atoms with Gasteiger partial charge in [0.05, 0.1) is 37.3 Å². The van der Waals surface area contributed by atoms with Crippen LogP contribution in [0.15, 0.2) is 48.5 Å². The fraction of sp³-hybridized carbons (Fsp3) is 0.273. The fourth-order valence-electron chi connectivity index (χ4n) is 3.58. The van der Waals surface area contributed by atoms with Crippen molar-refractivity contribution < 1.29 is 34.8 Å². The van der Waals surface area contributed by atoms with Gasteiger partial charge in [0.25, 0.3) is 11.7 Å². The Balaban J connectivity index is 0.00000136. The van der Waals surface area contributed by atoms with Crippen LogP contribution >= 0.6 is 11.3 Å². The molecule has 2 aliphatic heterocycles. The van der Waals surface area contributed by atoms with Crippen LogP contribution in [0.3, 0.4) is 0 Å². The first kappa shape index (κ1) is 23.2. The number of nitrogens with zero attached hydrogens (tertiary/aromatic N) is 2. The summed E-state index contributed by atoms with van der Waals surface area (Å²) in [6, 6.07) is 17.0. The number of hydrogen-bond acceptors (Lipinski definition) is 5. The molecule has 2 aromatic carbocycles. The molecule has 0 bridgehead atoms. The second-order valence-electron chi connectivity index (χ2n) is 7.23. The second-order valence-corrected chi connectivity index (χ2v) is 8.21. The Morgan fingerprint density at radius 1 is 0.613 bits per heavy atom. The lowest BCUT2D eigenvalue weighted by atomic mass is 10.1. The van der Waals surface area contributed by atoms with Gasteiger partial charge < -0.3 is 24.8 Å². The van der Waals surface area contributed by atoms with E-state index in [1.807, 2.05) is 0 Å². The Morgan fingerprint density at radius 2 is 1.00 bits per heavy atom. The highest BCUT2D eigenvalue weighted by atomic mass is 35.5. The fourth-order valence-corrected chi connectivity index (χ4v) is 4.43. The summed E-state index contributed by atoms with van der Waals surface area (Å²) in [5.41, 5.74) is 4.54. The number of rotatable bonds is 4. The normalized spacial score (nSPS) is 15.4. The van der Waals surface area contributed by atoms with E-state index in [9.17, 15) is 0 Å². The van der Waals surface area contributed by atoms with Crippen LogP contribution < -0.4 is 45.4 Å². The largest absolute Gasteiger partial charge is 1.00 e. The van der Waals surface area contributed by atoms with Gasteiger partial charge in [-0.25, -0.2) is 0 Å². The third kappa shape index (κ3) is 5.23. The molecule has 2 aliphatic rings. The summed E-state index contributed by atoms with van der Waals surface area (Å²) in [6.45, 7) is 4.09. The molecule has 9 heteroatoms. The van der Waals surface area contributed by atoms with Gasteiger partial charge in [0, 0.05) is 24.0 Å². The van der Waals surface area contributed by atoms with Gasteiger partial charge in [0.15, 0.2) is 0 Å². The number of benzene rings is 2. The van der Waals surface area contributed by atoms with E-state index in [4.69, 9.17) is 0 Å². The molecule has 0 saturated heterocycles. The molecule has 31 heavy (non-hydrogen) atoms. The molecule has 0 aliphatic carbocycles. The highest BCUT2D eigenvalue weighted by Gasteiger charge is 2.16. The SMILES string of the molecule is [Cl-].[Cl-].c1cc(-c2nnc(-c3ccc(C4=[NH+]CCCN4)cc3)s2)ccc1C1=[NH+]CCCN1. The van der Waals surface area contributed by atoms with Gasteiger partial charge in [-0.15, -0.1) is 10.2 Å². The molecule has 6 nitrogen and oxygen atoms in total. The molecular weight excluding hydrogens is 451 g/mol. The van der Waals surface area contributed by atoms with Crippen molar-refractivity contribution in [3.05, 3.63) is 59.7 Å². The van der Waals surface area contributed by atoms with Crippen LogP contribution in [0.25, 0.3) is 21.1 Å². The summed E-state index contributed by atoms with van der Waals surface area (Å²) < 4.78 is 0. The number of nitrogens with one attached hydrogen (secondary N) is 4. The van der Waals surface area contributed by atoms with Crippen molar-refractivity contribution in [3.8, 4) is 21.1 Å². The lowest BCUT2D eigenvalue weighted by Crippen LogP contribution is -3.00.